The van der Waals surface area contributed by atoms with Crippen molar-refractivity contribution in [3.05, 3.63) is 51.7 Å². The molecule has 9 heteroatoms. The molecule has 0 saturated carbocycles. The van der Waals surface area contributed by atoms with Gasteiger partial charge in [-0.15, -0.1) is 0 Å². The lowest BCUT2D eigenvalue weighted by molar-refractivity contribution is 0.0697. The van der Waals surface area contributed by atoms with Gasteiger partial charge in [0.25, 0.3) is 11.5 Å². The molecule has 9 nitrogen and oxygen atoms in total. The molecule has 1 saturated heterocycles. The van der Waals surface area contributed by atoms with E-state index in [4.69, 9.17) is 10.5 Å². The van der Waals surface area contributed by atoms with Crippen molar-refractivity contribution >= 4 is 28.6 Å². The zero-order chi connectivity index (χ0) is 20.5. The molecule has 0 spiro atoms. The van der Waals surface area contributed by atoms with Crippen LogP contribution in [0.5, 0.6) is 0 Å². The first-order valence-corrected chi connectivity index (χ1v) is 9.44. The van der Waals surface area contributed by atoms with Crippen LogP contribution >= 0.6 is 0 Å². The van der Waals surface area contributed by atoms with Crippen LogP contribution in [-0.2, 0) is 4.74 Å². The van der Waals surface area contributed by atoms with Gasteiger partial charge >= 0.3 is 0 Å². The van der Waals surface area contributed by atoms with E-state index in [0.29, 0.717) is 30.5 Å². The number of carbonyl (C=O) groups excluding carboxylic acids is 1. The summed E-state index contributed by atoms with van der Waals surface area (Å²) in [7, 11) is 0. The van der Waals surface area contributed by atoms with E-state index < -0.39 is 5.91 Å². The van der Waals surface area contributed by atoms with Gasteiger partial charge in [0.1, 0.15) is 11.3 Å². The fourth-order valence-electron chi connectivity index (χ4n) is 3.57. The Balaban J connectivity index is 1.77. The maximum Gasteiger partial charge on any atom is 0.267 e. The van der Waals surface area contributed by atoms with Gasteiger partial charge in [0, 0.05) is 36.9 Å². The van der Waals surface area contributed by atoms with E-state index in [9.17, 15) is 9.59 Å². The summed E-state index contributed by atoms with van der Waals surface area (Å²) in [6.07, 6.45) is 4.77. The zero-order valence-electron chi connectivity index (χ0n) is 16.3. The lowest BCUT2D eigenvalue weighted by Crippen LogP contribution is -2.30. The van der Waals surface area contributed by atoms with Crippen LogP contribution in [0.4, 0.5) is 11.6 Å². The van der Waals surface area contributed by atoms with Gasteiger partial charge in [-0.05, 0) is 43.9 Å². The van der Waals surface area contributed by atoms with Crippen LogP contribution in [0.1, 0.15) is 40.5 Å². The molecular weight excluding hydrogens is 372 g/mol. The topological polar surface area (TPSA) is 125 Å². The molecule has 3 aromatic rings. The van der Waals surface area contributed by atoms with E-state index in [-0.39, 0.29) is 17.3 Å². The lowest BCUT2D eigenvalue weighted by atomic mass is 10.1. The first-order chi connectivity index (χ1) is 13.9. The quantitative estimate of drug-likeness (QED) is 0.693. The highest BCUT2D eigenvalue weighted by Gasteiger charge is 2.21. The smallest absolute Gasteiger partial charge is 0.267 e. The molecular formula is C20H22N6O3. The van der Waals surface area contributed by atoms with Gasteiger partial charge in [0.2, 0.25) is 5.95 Å². The van der Waals surface area contributed by atoms with Crippen molar-refractivity contribution in [3.63, 3.8) is 0 Å². The molecule has 3 N–H and O–H groups in total. The van der Waals surface area contributed by atoms with E-state index >= 15 is 0 Å². The molecule has 0 aliphatic carbocycles. The maximum absolute atomic E-state index is 12.8. The van der Waals surface area contributed by atoms with E-state index in [1.165, 1.54) is 6.20 Å². The SMILES string of the molecule is Cc1cc(C(N)=O)ncc1Nc1ncc2c(C)cc(=O)n(C3CCOCC3)c2n1. The Labute approximate surface area is 166 Å². The van der Waals surface area contributed by atoms with Gasteiger partial charge in [0.05, 0.1) is 11.9 Å². The van der Waals surface area contributed by atoms with Gasteiger partial charge in [-0.1, -0.05) is 0 Å². The number of pyridine rings is 2. The summed E-state index contributed by atoms with van der Waals surface area (Å²) >= 11 is 0. The standard InChI is InChI=1S/C20H22N6O3/c1-11-8-17(27)26(13-3-5-29-6-4-13)19-14(11)9-23-20(25-19)24-16-10-22-15(18(21)28)7-12(16)2/h7-10,13H,3-6H2,1-2H3,(H2,21,28)(H,23,24,25). The molecule has 4 rings (SSSR count). The van der Waals surface area contributed by atoms with Crippen LogP contribution in [0.3, 0.4) is 0 Å². The first kappa shape index (κ1) is 19.0. The molecule has 0 atom stereocenters. The third kappa shape index (κ3) is 3.68. The van der Waals surface area contributed by atoms with Gasteiger partial charge in [-0.25, -0.2) is 9.97 Å². The van der Waals surface area contributed by atoms with Crippen molar-refractivity contribution in [1.29, 1.82) is 0 Å². The predicted octanol–water partition coefficient (Wildman–Crippen LogP) is 2.00. The van der Waals surface area contributed by atoms with Crippen molar-refractivity contribution in [3.8, 4) is 0 Å². The average molecular weight is 394 g/mol. The van der Waals surface area contributed by atoms with Gasteiger partial charge < -0.3 is 15.8 Å². The number of carbonyl (C=O) groups is 1. The number of aromatic nitrogens is 4. The van der Waals surface area contributed by atoms with Gasteiger partial charge in [-0.2, -0.15) is 4.98 Å². The number of ether oxygens (including phenoxy) is 1. The Morgan fingerprint density at radius 3 is 2.62 bits per heavy atom. The molecule has 150 valence electrons. The van der Waals surface area contributed by atoms with E-state index in [0.717, 1.165) is 29.4 Å². The van der Waals surface area contributed by atoms with E-state index in [2.05, 4.69) is 20.3 Å². The number of rotatable bonds is 4. The van der Waals surface area contributed by atoms with Crippen molar-refractivity contribution in [2.24, 2.45) is 5.73 Å². The fraction of sp³-hybridized carbons (Fsp3) is 0.350. The number of anilines is 2. The van der Waals surface area contributed by atoms with Crippen LogP contribution in [-0.4, -0.2) is 38.6 Å². The molecule has 1 amide bonds. The number of hydrogen-bond acceptors (Lipinski definition) is 7. The number of nitrogens with two attached hydrogens (primary N) is 1. The third-order valence-electron chi connectivity index (χ3n) is 5.16. The monoisotopic (exact) mass is 394 g/mol. The first-order valence-electron chi connectivity index (χ1n) is 9.44. The molecule has 0 bridgehead atoms. The van der Waals surface area contributed by atoms with Crippen molar-refractivity contribution in [2.75, 3.05) is 18.5 Å². The predicted molar refractivity (Wildman–Crippen MR) is 108 cm³/mol. The highest BCUT2D eigenvalue weighted by Crippen LogP contribution is 2.25. The van der Waals surface area contributed by atoms with Crippen LogP contribution in [0.15, 0.2) is 29.3 Å². The number of hydrogen-bond donors (Lipinski definition) is 2. The molecule has 0 radical (unpaired) electrons. The molecule has 1 aliphatic rings. The Morgan fingerprint density at radius 1 is 1.17 bits per heavy atom. The second-order valence-corrected chi connectivity index (χ2v) is 7.18. The largest absolute Gasteiger partial charge is 0.381 e. The molecule has 1 fully saturated rings. The van der Waals surface area contributed by atoms with Gasteiger partial charge in [0.15, 0.2) is 0 Å². The second kappa shape index (κ2) is 7.59. The maximum atomic E-state index is 12.8. The molecule has 3 aromatic heterocycles. The van der Waals surface area contributed by atoms with Crippen LogP contribution in [0.25, 0.3) is 11.0 Å². The van der Waals surface area contributed by atoms with Crippen LogP contribution < -0.4 is 16.6 Å². The summed E-state index contributed by atoms with van der Waals surface area (Å²) in [6.45, 7) is 4.96. The number of fused-ring (bicyclic) bond motifs is 1. The Morgan fingerprint density at radius 2 is 1.93 bits per heavy atom. The van der Waals surface area contributed by atoms with E-state index in [1.54, 1.807) is 22.9 Å². The molecule has 1 aliphatic heterocycles. The molecule has 29 heavy (non-hydrogen) atoms. The van der Waals surface area contributed by atoms with Crippen LogP contribution in [0, 0.1) is 13.8 Å². The Hall–Kier alpha value is -3.33. The Bertz CT molecular complexity index is 1150. The van der Waals surface area contributed by atoms with Crippen molar-refractivity contribution in [2.45, 2.75) is 32.7 Å². The highest BCUT2D eigenvalue weighted by atomic mass is 16.5. The summed E-state index contributed by atoms with van der Waals surface area (Å²) in [5.74, 6) is -0.238. The fourth-order valence-corrected chi connectivity index (χ4v) is 3.57. The zero-order valence-corrected chi connectivity index (χ0v) is 16.3. The van der Waals surface area contributed by atoms with Crippen molar-refractivity contribution in [1.82, 2.24) is 19.5 Å². The number of nitrogens with zero attached hydrogens (tertiary/aromatic N) is 4. The summed E-state index contributed by atoms with van der Waals surface area (Å²) in [5.41, 5.74) is 8.26. The Kier molecular flexibility index (Phi) is 4.98. The minimum absolute atomic E-state index is 0.0420. The number of primary amides is 1. The minimum Gasteiger partial charge on any atom is -0.381 e. The normalized spacial score (nSPS) is 14.8. The molecule has 0 unspecified atom stereocenters. The van der Waals surface area contributed by atoms with Gasteiger partial charge in [-0.3, -0.25) is 14.2 Å². The van der Waals surface area contributed by atoms with E-state index in [1.807, 2.05) is 13.8 Å². The van der Waals surface area contributed by atoms with Crippen LogP contribution in [0.2, 0.25) is 0 Å². The third-order valence-corrected chi connectivity index (χ3v) is 5.16. The average Bonchev–Trinajstić information content (AvgIpc) is 2.70. The lowest BCUT2D eigenvalue weighted by Gasteiger charge is -2.25. The second-order valence-electron chi connectivity index (χ2n) is 7.18. The number of nitrogens with one attached hydrogen (secondary N) is 1. The number of amides is 1. The number of aryl methyl sites for hydroxylation is 2. The molecule has 0 aromatic carbocycles. The summed E-state index contributed by atoms with van der Waals surface area (Å²) in [5, 5.41) is 3.96. The minimum atomic E-state index is -0.586. The summed E-state index contributed by atoms with van der Waals surface area (Å²) in [6, 6.07) is 3.28. The molecule has 4 heterocycles. The summed E-state index contributed by atoms with van der Waals surface area (Å²) < 4.78 is 7.19. The highest BCUT2D eigenvalue weighted by molar-refractivity contribution is 5.91. The summed E-state index contributed by atoms with van der Waals surface area (Å²) in [4.78, 5) is 37.2. The van der Waals surface area contributed by atoms with Crippen molar-refractivity contribution < 1.29 is 9.53 Å².